The maximum absolute atomic E-state index is 4.74. The van der Waals surface area contributed by atoms with Crippen molar-refractivity contribution in [1.29, 1.82) is 0 Å². The molecule has 0 aliphatic carbocycles. The van der Waals surface area contributed by atoms with Gasteiger partial charge in [-0.1, -0.05) is 60.7 Å². The molecule has 0 unspecified atom stereocenters. The number of hydrogen-bond donors (Lipinski definition) is 0. The van der Waals surface area contributed by atoms with Gasteiger partial charge in [0.1, 0.15) is 0 Å². The number of aromatic nitrogens is 2. The maximum Gasteiger partial charge on any atom is 0.205 e. The van der Waals surface area contributed by atoms with Crippen molar-refractivity contribution in [2.45, 2.75) is 18.8 Å². The Bertz CT molecular complexity index is 747. The second kappa shape index (κ2) is 6.50. The molecule has 0 atom stereocenters. The Morgan fingerprint density at radius 1 is 0.870 bits per heavy atom. The van der Waals surface area contributed by atoms with Crippen LogP contribution in [0.25, 0.3) is 11.4 Å². The van der Waals surface area contributed by atoms with E-state index < -0.39 is 0 Å². The smallest absolute Gasteiger partial charge is 0.205 e. The van der Waals surface area contributed by atoms with E-state index in [1.54, 1.807) is 0 Å². The van der Waals surface area contributed by atoms with Gasteiger partial charge in [0.05, 0.1) is 0 Å². The molecule has 1 fully saturated rings. The van der Waals surface area contributed by atoms with Crippen LogP contribution in [-0.4, -0.2) is 22.4 Å². The summed E-state index contributed by atoms with van der Waals surface area (Å²) in [5.74, 6) is 1.52. The zero-order chi connectivity index (χ0) is 15.5. The van der Waals surface area contributed by atoms with Crippen LogP contribution in [0.2, 0.25) is 0 Å². The van der Waals surface area contributed by atoms with E-state index in [1.807, 2.05) is 18.2 Å². The standard InChI is InChI=1S/C19H19N3S/c1-3-7-15(8-4-1)16-11-13-22(14-12-16)19-20-18(21-23-19)17-9-5-2-6-10-17/h1-10,16H,11-14H2. The van der Waals surface area contributed by atoms with Crippen LogP contribution >= 0.6 is 11.5 Å². The highest BCUT2D eigenvalue weighted by molar-refractivity contribution is 7.09. The first-order chi connectivity index (χ1) is 11.4. The first kappa shape index (κ1) is 14.4. The third-order valence-corrected chi connectivity index (χ3v) is 5.26. The number of nitrogens with zero attached hydrogens (tertiary/aromatic N) is 3. The molecule has 1 aliphatic heterocycles. The molecule has 116 valence electrons. The topological polar surface area (TPSA) is 29.0 Å². The minimum absolute atomic E-state index is 0.675. The third kappa shape index (κ3) is 3.13. The fourth-order valence-electron chi connectivity index (χ4n) is 3.18. The summed E-state index contributed by atoms with van der Waals surface area (Å²) in [6.07, 6.45) is 2.37. The summed E-state index contributed by atoms with van der Waals surface area (Å²) in [6, 6.07) is 21.1. The quantitative estimate of drug-likeness (QED) is 0.706. The van der Waals surface area contributed by atoms with Crippen molar-refractivity contribution in [3.63, 3.8) is 0 Å². The van der Waals surface area contributed by atoms with Gasteiger partial charge in [-0.3, -0.25) is 0 Å². The molecule has 1 saturated heterocycles. The van der Waals surface area contributed by atoms with Crippen molar-refractivity contribution in [2.75, 3.05) is 18.0 Å². The van der Waals surface area contributed by atoms with E-state index in [0.29, 0.717) is 5.92 Å². The van der Waals surface area contributed by atoms with Gasteiger partial charge in [0, 0.05) is 30.2 Å². The molecular weight excluding hydrogens is 302 g/mol. The SMILES string of the molecule is c1ccc(-c2nsc(N3CCC(c4ccccc4)CC3)n2)cc1. The number of anilines is 1. The van der Waals surface area contributed by atoms with Gasteiger partial charge in [-0.2, -0.15) is 9.36 Å². The van der Waals surface area contributed by atoms with Gasteiger partial charge in [0.25, 0.3) is 0 Å². The van der Waals surface area contributed by atoms with Crippen LogP contribution in [0.4, 0.5) is 5.13 Å². The largest absolute Gasteiger partial charge is 0.347 e. The lowest BCUT2D eigenvalue weighted by Crippen LogP contribution is -2.32. The van der Waals surface area contributed by atoms with E-state index in [0.717, 1.165) is 29.6 Å². The second-order valence-corrected chi connectivity index (χ2v) is 6.67. The minimum atomic E-state index is 0.675. The van der Waals surface area contributed by atoms with Crippen LogP contribution in [0.1, 0.15) is 24.3 Å². The van der Waals surface area contributed by atoms with Crippen LogP contribution in [0.5, 0.6) is 0 Å². The molecule has 4 heteroatoms. The van der Waals surface area contributed by atoms with Gasteiger partial charge in [0.2, 0.25) is 5.13 Å². The maximum atomic E-state index is 4.74. The number of piperidine rings is 1. The molecule has 4 rings (SSSR count). The van der Waals surface area contributed by atoms with Gasteiger partial charge in [-0.25, -0.2) is 0 Å². The minimum Gasteiger partial charge on any atom is -0.347 e. The predicted octanol–water partition coefficient (Wildman–Crippen LogP) is 4.59. The lowest BCUT2D eigenvalue weighted by molar-refractivity contribution is 0.505. The molecule has 3 nitrogen and oxygen atoms in total. The Morgan fingerprint density at radius 2 is 1.52 bits per heavy atom. The second-order valence-electron chi connectivity index (χ2n) is 5.94. The Morgan fingerprint density at radius 3 is 2.22 bits per heavy atom. The fraction of sp³-hybridized carbons (Fsp3) is 0.263. The van der Waals surface area contributed by atoms with Crippen molar-refractivity contribution < 1.29 is 0 Å². The summed E-state index contributed by atoms with van der Waals surface area (Å²) in [4.78, 5) is 7.11. The molecule has 2 heterocycles. The van der Waals surface area contributed by atoms with Crippen LogP contribution in [0, 0.1) is 0 Å². The first-order valence-electron chi connectivity index (χ1n) is 8.09. The summed E-state index contributed by atoms with van der Waals surface area (Å²) in [5.41, 5.74) is 2.56. The van der Waals surface area contributed by atoms with Crippen LogP contribution in [0.15, 0.2) is 60.7 Å². The molecule has 0 radical (unpaired) electrons. The van der Waals surface area contributed by atoms with E-state index >= 15 is 0 Å². The first-order valence-corrected chi connectivity index (χ1v) is 8.86. The van der Waals surface area contributed by atoms with Crippen molar-refractivity contribution in [2.24, 2.45) is 0 Å². The average molecular weight is 321 g/mol. The molecule has 0 bridgehead atoms. The Balaban J connectivity index is 1.44. The summed E-state index contributed by atoms with van der Waals surface area (Å²) in [6.45, 7) is 2.12. The molecule has 3 aromatic rings. The molecule has 0 N–H and O–H groups in total. The van der Waals surface area contributed by atoms with Crippen LogP contribution < -0.4 is 4.90 Å². The molecular formula is C19H19N3S. The number of rotatable bonds is 3. The predicted molar refractivity (Wildman–Crippen MR) is 96.0 cm³/mol. The van der Waals surface area contributed by atoms with Gasteiger partial charge in [-0.15, -0.1) is 0 Å². The van der Waals surface area contributed by atoms with Gasteiger partial charge in [-0.05, 0) is 24.3 Å². The lowest BCUT2D eigenvalue weighted by atomic mass is 9.90. The Kier molecular flexibility index (Phi) is 4.07. The van der Waals surface area contributed by atoms with Crippen LogP contribution in [-0.2, 0) is 0 Å². The lowest BCUT2D eigenvalue weighted by Gasteiger charge is -2.31. The third-order valence-electron chi connectivity index (χ3n) is 4.48. The molecule has 0 amide bonds. The summed E-state index contributed by atoms with van der Waals surface area (Å²) in [5, 5.41) is 1.05. The summed E-state index contributed by atoms with van der Waals surface area (Å²) in [7, 11) is 0. The molecule has 23 heavy (non-hydrogen) atoms. The zero-order valence-corrected chi connectivity index (χ0v) is 13.7. The van der Waals surface area contributed by atoms with Crippen molar-refractivity contribution in [3.8, 4) is 11.4 Å². The summed E-state index contributed by atoms with van der Waals surface area (Å²) < 4.78 is 4.53. The monoisotopic (exact) mass is 321 g/mol. The van der Waals surface area contributed by atoms with E-state index in [9.17, 15) is 0 Å². The Labute approximate surface area is 140 Å². The van der Waals surface area contributed by atoms with Crippen molar-refractivity contribution in [3.05, 3.63) is 66.2 Å². The number of hydrogen-bond acceptors (Lipinski definition) is 4. The van der Waals surface area contributed by atoms with E-state index in [-0.39, 0.29) is 0 Å². The molecule has 0 saturated carbocycles. The number of benzene rings is 2. The molecule has 0 spiro atoms. The van der Waals surface area contributed by atoms with Crippen molar-refractivity contribution >= 4 is 16.7 Å². The highest BCUT2D eigenvalue weighted by Gasteiger charge is 2.22. The van der Waals surface area contributed by atoms with Gasteiger partial charge in [0.15, 0.2) is 5.82 Å². The van der Waals surface area contributed by atoms with Crippen molar-refractivity contribution in [1.82, 2.24) is 9.36 Å². The highest BCUT2D eigenvalue weighted by Crippen LogP contribution is 2.32. The van der Waals surface area contributed by atoms with E-state index in [1.165, 1.54) is 29.9 Å². The highest BCUT2D eigenvalue weighted by atomic mass is 32.1. The van der Waals surface area contributed by atoms with Gasteiger partial charge >= 0.3 is 0 Å². The average Bonchev–Trinajstić information content (AvgIpc) is 3.14. The fourth-order valence-corrected chi connectivity index (χ4v) is 3.92. The van der Waals surface area contributed by atoms with E-state index in [2.05, 4.69) is 51.7 Å². The molecule has 1 aromatic heterocycles. The zero-order valence-electron chi connectivity index (χ0n) is 12.9. The Hall–Kier alpha value is -2.20. The molecule has 2 aromatic carbocycles. The molecule has 1 aliphatic rings. The normalized spacial score (nSPS) is 15.7. The van der Waals surface area contributed by atoms with Crippen LogP contribution in [0.3, 0.4) is 0 Å². The van der Waals surface area contributed by atoms with E-state index in [4.69, 9.17) is 4.98 Å². The van der Waals surface area contributed by atoms with Gasteiger partial charge < -0.3 is 4.90 Å². The summed E-state index contributed by atoms with van der Waals surface area (Å²) >= 11 is 1.51.